The number of hydrogen-bond acceptors (Lipinski definition) is 5. The first-order chi connectivity index (χ1) is 11.5. The van der Waals surface area contributed by atoms with Gasteiger partial charge in [-0.2, -0.15) is 0 Å². The number of nitro benzene ring substituents is 1. The van der Waals surface area contributed by atoms with Crippen molar-refractivity contribution in [3.8, 4) is 5.75 Å². The van der Waals surface area contributed by atoms with Crippen LogP contribution in [0.1, 0.15) is 19.3 Å². The monoisotopic (exact) mass is 334 g/mol. The van der Waals surface area contributed by atoms with Crippen LogP contribution in [0.15, 0.2) is 24.3 Å². The molecular weight excluding hydrogens is 316 g/mol. The lowest BCUT2D eigenvalue weighted by Crippen LogP contribution is -2.42. The second-order valence-corrected chi connectivity index (χ2v) is 6.18. The highest BCUT2D eigenvalue weighted by Gasteiger charge is 2.50. The minimum absolute atomic E-state index is 0.0141. The van der Waals surface area contributed by atoms with Gasteiger partial charge in [0.25, 0.3) is 5.69 Å². The number of benzene rings is 1. The quantitative estimate of drug-likeness (QED) is 0.648. The first-order valence-corrected chi connectivity index (χ1v) is 7.88. The summed E-state index contributed by atoms with van der Waals surface area (Å²) in [6, 6.07) is 5.93. The van der Waals surface area contributed by atoms with Crippen LogP contribution in [0.3, 0.4) is 0 Å². The maximum atomic E-state index is 12.2. The van der Waals surface area contributed by atoms with Crippen LogP contribution >= 0.6 is 0 Å². The Morgan fingerprint density at radius 3 is 2.29 bits per heavy atom. The molecule has 2 atom stereocenters. The first kappa shape index (κ1) is 16.2. The van der Waals surface area contributed by atoms with Crippen molar-refractivity contribution in [3.63, 3.8) is 0 Å². The predicted octanol–water partition coefficient (Wildman–Crippen LogP) is 1.69. The second-order valence-electron chi connectivity index (χ2n) is 6.18. The maximum absolute atomic E-state index is 12.2. The number of carboxylic acid groups (broad SMARTS) is 1. The van der Waals surface area contributed by atoms with Gasteiger partial charge in [-0.1, -0.05) is 0 Å². The number of rotatable bonds is 5. The van der Waals surface area contributed by atoms with E-state index in [-0.39, 0.29) is 23.6 Å². The van der Waals surface area contributed by atoms with Crippen molar-refractivity contribution in [2.45, 2.75) is 25.4 Å². The highest BCUT2D eigenvalue weighted by atomic mass is 16.6. The number of likely N-dealkylation sites (tertiary alicyclic amines) is 1. The Bertz CT molecular complexity index is 651. The molecule has 1 aromatic rings. The topological polar surface area (TPSA) is 110 Å². The Morgan fingerprint density at radius 1 is 1.17 bits per heavy atom. The third-order valence-corrected chi connectivity index (χ3v) is 4.53. The molecule has 1 N–H and O–H groups in total. The zero-order chi connectivity index (χ0) is 17.3. The van der Waals surface area contributed by atoms with E-state index >= 15 is 0 Å². The molecule has 8 heteroatoms. The molecule has 1 heterocycles. The van der Waals surface area contributed by atoms with Gasteiger partial charge >= 0.3 is 5.97 Å². The zero-order valence-electron chi connectivity index (χ0n) is 13.0. The first-order valence-electron chi connectivity index (χ1n) is 7.88. The molecule has 0 aromatic heterocycles. The zero-order valence-corrected chi connectivity index (χ0v) is 13.0. The number of non-ortho nitro benzene ring substituents is 1. The lowest BCUT2D eigenvalue weighted by atomic mass is 10.1. The van der Waals surface area contributed by atoms with E-state index < -0.39 is 16.8 Å². The number of hydrogen-bond donors (Lipinski definition) is 1. The summed E-state index contributed by atoms with van der Waals surface area (Å²) < 4.78 is 5.80. The molecule has 1 amide bonds. The Hall–Kier alpha value is -2.64. The molecule has 2 unspecified atom stereocenters. The highest BCUT2D eigenvalue weighted by Crippen LogP contribution is 2.40. The molecule has 1 aliphatic carbocycles. The van der Waals surface area contributed by atoms with Crippen molar-refractivity contribution >= 4 is 17.6 Å². The molecule has 3 rings (SSSR count). The number of ether oxygens (including phenoxy) is 1. The lowest BCUT2D eigenvalue weighted by molar-refractivity contribution is -0.384. The fourth-order valence-electron chi connectivity index (χ4n) is 3.01. The summed E-state index contributed by atoms with van der Waals surface area (Å²) in [5.41, 5.74) is 0.0141. The van der Waals surface area contributed by atoms with Crippen molar-refractivity contribution in [1.82, 2.24) is 4.90 Å². The standard InChI is InChI=1S/C16H18N2O6/c19-15(13-9-14(13)16(20)21)17-7-5-12(6-8-17)24-11-3-1-10(2-4-11)18(22)23/h1-4,12-14H,5-9H2,(H,20,21). The van der Waals surface area contributed by atoms with Crippen molar-refractivity contribution < 1.29 is 24.4 Å². The summed E-state index contributed by atoms with van der Waals surface area (Å²) in [5.74, 6) is -1.29. The molecular formula is C16H18N2O6. The number of carbonyl (C=O) groups excluding carboxylic acids is 1. The van der Waals surface area contributed by atoms with Crippen molar-refractivity contribution in [1.29, 1.82) is 0 Å². The number of nitro groups is 1. The van der Waals surface area contributed by atoms with Gasteiger partial charge in [0, 0.05) is 38.1 Å². The van der Waals surface area contributed by atoms with E-state index in [0.29, 0.717) is 38.1 Å². The minimum atomic E-state index is -0.898. The van der Waals surface area contributed by atoms with E-state index in [0.717, 1.165) is 0 Å². The van der Waals surface area contributed by atoms with Gasteiger partial charge in [0.1, 0.15) is 11.9 Å². The predicted molar refractivity (Wildman–Crippen MR) is 82.6 cm³/mol. The largest absolute Gasteiger partial charge is 0.490 e. The van der Waals surface area contributed by atoms with Crippen molar-refractivity contribution in [2.24, 2.45) is 11.8 Å². The van der Waals surface area contributed by atoms with Crippen LogP contribution in [0.4, 0.5) is 5.69 Å². The van der Waals surface area contributed by atoms with Gasteiger partial charge in [-0.05, 0) is 18.6 Å². The van der Waals surface area contributed by atoms with E-state index in [2.05, 4.69) is 0 Å². The summed E-state index contributed by atoms with van der Waals surface area (Å²) >= 11 is 0. The van der Waals surface area contributed by atoms with Gasteiger partial charge in [-0.3, -0.25) is 19.7 Å². The van der Waals surface area contributed by atoms with E-state index in [1.54, 1.807) is 17.0 Å². The second kappa shape index (κ2) is 6.46. The SMILES string of the molecule is O=C(O)C1CC1C(=O)N1CCC(Oc2ccc([N+](=O)[O-])cc2)CC1. The number of carboxylic acids is 1. The molecule has 1 saturated carbocycles. The van der Waals surface area contributed by atoms with Gasteiger partial charge in [-0.15, -0.1) is 0 Å². The van der Waals surface area contributed by atoms with Gasteiger partial charge < -0.3 is 14.7 Å². The van der Waals surface area contributed by atoms with E-state index in [4.69, 9.17) is 9.84 Å². The number of piperidine rings is 1. The number of nitrogens with zero attached hydrogens (tertiary/aromatic N) is 2. The molecule has 1 aliphatic heterocycles. The van der Waals surface area contributed by atoms with Crippen LogP contribution < -0.4 is 4.74 Å². The minimum Gasteiger partial charge on any atom is -0.490 e. The molecule has 1 aromatic carbocycles. The summed E-state index contributed by atoms with van der Waals surface area (Å²) in [6.07, 6.45) is 1.71. The normalized spacial score (nSPS) is 23.6. The number of amides is 1. The van der Waals surface area contributed by atoms with Gasteiger partial charge in [0.15, 0.2) is 0 Å². The van der Waals surface area contributed by atoms with Gasteiger partial charge in [-0.25, -0.2) is 0 Å². The molecule has 0 spiro atoms. The average molecular weight is 334 g/mol. The van der Waals surface area contributed by atoms with Crippen LogP contribution in [0.2, 0.25) is 0 Å². The van der Waals surface area contributed by atoms with E-state index in [9.17, 15) is 19.7 Å². The Morgan fingerprint density at radius 2 is 1.79 bits per heavy atom. The van der Waals surface area contributed by atoms with Crippen molar-refractivity contribution in [3.05, 3.63) is 34.4 Å². The summed E-state index contributed by atoms with van der Waals surface area (Å²) in [5, 5.41) is 19.5. The maximum Gasteiger partial charge on any atom is 0.307 e. The van der Waals surface area contributed by atoms with Gasteiger partial charge in [0.05, 0.1) is 16.8 Å². The summed E-state index contributed by atoms with van der Waals surface area (Å²) in [7, 11) is 0. The summed E-state index contributed by atoms with van der Waals surface area (Å²) in [6.45, 7) is 1.08. The molecule has 24 heavy (non-hydrogen) atoms. The Kier molecular flexibility index (Phi) is 4.37. The van der Waals surface area contributed by atoms with E-state index in [1.807, 2.05) is 0 Å². The Labute approximate surface area is 138 Å². The molecule has 128 valence electrons. The summed E-state index contributed by atoms with van der Waals surface area (Å²) in [4.78, 5) is 34.9. The molecule has 1 saturated heterocycles. The van der Waals surface area contributed by atoms with Gasteiger partial charge in [0.2, 0.25) is 5.91 Å². The average Bonchev–Trinajstić information content (AvgIpc) is 3.36. The fourth-order valence-corrected chi connectivity index (χ4v) is 3.01. The molecule has 8 nitrogen and oxygen atoms in total. The van der Waals surface area contributed by atoms with Crippen LogP contribution in [0, 0.1) is 22.0 Å². The molecule has 2 fully saturated rings. The fraction of sp³-hybridized carbons (Fsp3) is 0.500. The number of aliphatic carboxylic acids is 1. The molecule has 0 radical (unpaired) electrons. The molecule has 0 bridgehead atoms. The van der Waals surface area contributed by atoms with Crippen LogP contribution in [-0.4, -0.2) is 46.0 Å². The van der Waals surface area contributed by atoms with E-state index in [1.165, 1.54) is 12.1 Å². The van der Waals surface area contributed by atoms with Crippen LogP contribution in [-0.2, 0) is 9.59 Å². The van der Waals surface area contributed by atoms with Crippen LogP contribution in [0.25, 0.3) is 0 Å². The highest BCUT2D eigenvalue weighted by molar-refractivity contribution is 5.89. The molecule has 2 aliphatic rings. The number of carbonyl (C=O) groups is 2. The third-order valence-electron chi connectivity index (χ3n) is 4.53. The third kappa shape index (κ3) is 3.47. The smallest absolute Gasteiger partial charge is 0.307 e. The Balaban J connectivity index is 1.48. The van der Waals surface area contributed by atoms with Crippen molar-refractivity contribution in [2.75, 3.05) is 13.1 Å². The van der Waals surface area contributed by atoms with Crippen LogP contribution in [0.5, 0.6) is 5.75 Å². The lowest BCUT2D eigenvalue weighted by Gasteiger charge is -2.32.